The fourth-order valence-corrected chi connectivity index (χ4v) is 3.35. The number of hydrogen-bond acceptors (Lipinski definition) is 6. The Labute approximate surface area is 159 Å². The van der Waals surface area contributed by atoms with Crippen LogP contribution in [0.25, 0.3) is 5.65 Å². The van der Waals surface area contributed by atoms with Crippen molar-refractivity contribution in [1.29, 1.82) is 0 Å². The lowest BCUT2D eigenvalue weighted by Crippen LogP contribution is -2.15. The summed E-state index contributed by atoms with van der Waals surface area (Å²) < 4.78 is 21.9. The molecule has 9 heteroatoms. The monoisotopic (exact) mass is 384 g/mol. The number of hydrogen-bond donors (Lipinski definition) is 1. The van der Waals surface area contributed by atoms with Crippen molar-refractivity contribution in [3.8, 4) is 5.75 Å². The van der Waals surface area contributed by atoms with Gasteiger partial charge in [-0.2, -0.15) is 0 Å². The van der Waals surface area contributed by atoms with Crippen molar-refractivity contribution in [2.75, 3.05) is 5.84 Å². The minimum atomic E-state index is -0.315. The van der Waals surface area contributed by atoms with Gasteiger partial charge in [0.1, 0.15) is 23.8 Å². The number of thioether (sulfide) groups is 1. The minimum absolute atomic E-state index is 0.142. The van der Waals surface area contributed by atoms with E-state index in [2.05, 4.69) is 15.2 Å². The molecule has 0 atom stereocenters. The molecule has 0 saturated heterocycles. The zero-order valence-corrected chi connectivity index (χ0v) is 15.4. The van der Waals surface area contributed by atoms with Crippen molar-refractivity contribution in [3.63, 3.8) is 0 Å². The average Bonchev–Trinajstić information content (AvgIpc) is 3.24. The first-order chi connectivity index (χ1) is 13.1. The zero-order valence-electron chi connectivity index (χ0n) is 14.5. The van der Waals surface area contributed by atoms with Crippen LogP contribution in [0.3, 0.4) is 0 Å². The third-order valence-electron chi connectivity index (χ3n) is 3.99. The van der Waals surface area contributed by atoms with Crippen LogP contribution in [0.4, 0.5) is 4.39 Å². The Balaban J connectivity index is 1.40. The Hall–Kier alpha value is -3.07. The maximum Gasteiger partial charge on any atom is 0.210 e. The van der Waals surface area contributed by atoms with Gasteiger partial charge in [-0.15, -0.1) is 10.2 Å². The van der Waals surface area contributed by atoms with Crippen LogP contribution in [0, 0.1) is 12.7 Å². The first-order valence-electron chi connectivity index (χ1n) is 8.24. The molecule has 2 N–H and O–H groups in total. The van der Waals surface area contributed by atoms with Crippen molar-refractivity contribution < 1.29 is 9.13 Å². The van der Waals surface area contributed by atoms with Gasteiger partial charge in [0.05, 0.1) is 5.69 Å². The summed E-state index contributed by atoms with van der Waals surface area (Å²) in [6.45, 7) is 2.17. The van der Waals surface area contributed by atoms with Crippen molar-refractivity contribution in [2.24, 2.45) is 0 Å². The Morgan fingerprint density at radius 2 is 2.00 bits per heavy atom. The molecule has 7 nitrogen and oxygen atoms in total. The van der Waals surface area contributed by atoms with Gasteiger partial charge in [0.15, 0.2) is 5.82 Å². The van der Waals surface area contributed by atoms with Gasteiger partial charge in [-0.1, -0.05) is 17.8 Å². The molecule has 0 radical (unpaired) electrons. The van der Waals surface area contributed by atoms with Crippen molar-refractivity contribution >= 4 is 17.4 Å². The van der Waals surface area contributed by atoms with Gasteiger partial charge < -0.3 is 15.0 Å². The summed E-state index contributed by atoms with van der Waals surface area (Å²) in [5.74, 6) is 7.38. The number of aromatic nitrogens is 5. The van der Waals surface area contributed by atoms with Crippen LogP contribution in [-0.4, -0.2) is 24.3 Å². The Kier molecular flexibility index (Phi) is 4.68. The Bertz CT molecular complexity index is 1080. The lowest BCUT2D eigenvalue weighted by Gasteiger charge is -2.06. The van der Waals surface area contributed by atoms with Crippen molar-refractivity contribution in [2.45, 2.75) is 24.4 Å². The Morgan fingerprint density at radius 1 is 1.19 bits per heavy atom. The van der Waals surface area contributed by atoms with E-state index in [1.54, 1.807) is 12.1 Å². The summed E-state index contributed by atoms with van der Waals surface area (Å²) in [5, 5.41) is 8.74. The maximum absolute atomic E-state index is 12.9. The molecule has 27 heavy (non-hydrogen) atoms. The second-order valence-corrected chi connectivity index (χ2v) is 6.90. The molecular weight excluding hydrogens is 367 g/mol. The SMILES string of the molecule is Cc1cccn2cc(CSc3nnc(COc4ccc(F)cc4)n3N)nc12. The smallest absolute Gasteiger partial charge is 0.210 e. The average molecular weight is 384 g/mol. The first kappa shape index (κ1) is 17.3. The van der Waals surface area contributed by atoms with E-state index in [0.717, 1.165) is 16.9 Å². The van der Waals surface area contributed by atoms with Gasteiger partial charge >= 0.3 is 0 Å². The number of imidazole rings is 1. The lowest BCUT2D eigenvalue weighted by molar-refractivity contribution is 0.291. The highest BCUT2D eigenvalue weighted by Gasteiger charge is 2.12. The predicted octanol–water partition coefficient (Wildman–Crippen LogP) is 2.96. The molecule has 0 spiro atoms. The third kappa shape index (κ3) is 3.72. The van der Waals surface area contributed by atoms with Gasteiger partial charge in [-0.25, -0.2) is 14.1 Å². The number of nitrogen functional groups attached to an aromatic ring is 1. The Morgan fingerprint density at radius 3 is 2.78 bits per heavy atom. The van der Waals surface area contributed by atoms with Crippen molar-refractivity contribution in [3.05, 3.63) is 71.7 Å². The van der Waals surface area contributed by atoms with Crippen LogP contribution in [0.2, 0.25) is 0 Å². The topological polar surface area (TPSA) is 83.3 Å². The molecule has 0 saturated carbocycles. The molecule has 3 aromatic heterocycles. The van der Waals surface area contributed by atoms with E-state index in [9.17, 15) is 4.39 Å². The largest absolute Gasteiger partial charge is 0.486 e. The van der Waals surface area contributed by atoms with Crippen LogP contribution in [0.1, 0.15) is 17.1 Å². The van der Waals surface area contributed by atoms with Crippen LogP contribution >= 0.6 is 11.8 Å². The van der Waals surface area contributed by atoms with Gasteiger partial charge in [0, 0.05) is 18.1 Å². The van der Waals surface area contributed by atoms with Gasteiger partial charge in [-0.05, 0) is 42.8 Å². The second kappa shape index (κ2) is 7.28. The highest BCUT2D eigenvalue weighted by molar-refractivity contribution is 7.98. The summed E-state index contributed by atoms with van der Waals surface area (Å²) in [5.41, 5.74) is 2.99. The van der Waals surface area contributed by atoms with E-state index < -0.39 is 0 Å². The van der Waals surface area contributed by atoms with Crippen LogP contribution in [-0.2, 0) is 12.4 Å². The summed E-state index contributed by atoms with van der Waals surface area (Å²) in [6.07, 6.45) is 3.96. The molecule has 0 unspecified atom stereocenters. The summed E-state index contributed by atoms with van der Waals surface area (Å²) in [7, 11) is 0. The molecule has 0 aliphatic rings. The fourth-order valence-electron chi connectivity index (χ4n) is 2.60. The molecule has 0 aliphatic carbocycles. The number of fused-ring (bicyclic) bond motifs is 1. The molecule has 4 rings (SSSR count). The van der Waals surface area contributed by atoms with Gasteiger partial charge in [0.2, 0.25) is 5.16 Å². The molecule has 4 aromatic rings. The lowest BCUT2D eigenvalue weighted by atomic mass is 10.3. The third-order valence-corrected chi connectivity index (χ3v) is 4.97. The standard InChI is InChI=1S/C18H17FN6OS/c1-12-3-2-8-24-9-14(21-17(12)24)11-27-18-23-22-16(25(18)20)10-26-15-6-4-13(19)5-7-15/h2-9H,10-11,20H2,1H3. The number of halogens is 1. The van der Waals surface area contributed by atoms with Crippen LogP contribution < -0.4 is 10.6 Å². The molecule has 0 aliphatic heterocycles. The van der Waals surface area contributed by atoms with E-state index in [1.807, 2.05) is 35.9 Å². The number of rotatable bonds is 6. The summed E-state index contributed by atoms with van der Waals surface area (Å²) >= 11 is 1.45. The molecule has 0 amide bonds. The minimum Gasteiger partial charge on any atom is -0.486 e. The van der Waals surface area contributed by atoms with Gasteiger partial charge in [-0.3, -0.25) is 0 Å². The summed E-state index contributed by atoms with van der Waals surface area (Å²) in [4.78, 5) is 4.64. The second-order valence-electron chi connectivity index (χ2n) is 5.95. The number of benzene rings is 1. The highest BCUT2D eigenvalue weighted by atomic mass is 32.2. The summed E-state index contributed by atoms with van der Waals surface area (Å²) in [6, 6.07) is 9.79. The molecule has 3 heterocycles. The van der Waals surface area contributed by atoms with E-state index >= 15 is 0 Å². The number of nitrogens with two attached hydrogens (primary N) is 1. The van der Waals surface area contributed by atoms with Crippen LogP contribution in [0.5, 0.6) is 5.75 Å². The molecular formula is C18H17FN6OS. The normalized spacial score (nSPS) is 11.2. The number of nitrogens with zero attached hydrogens (tertiary/aromatic N) is 5. The van der Waals surface area contributed by atoms with E-state index in [1.165, 1.54) is 28.6 Å². The number of aryl methyl sites for hydroxylation is 1. The number of ether oxygens (including phenoxy) is 1. The zero-order chi connectivity index (χ0) is 18.8. The predicted molar refractivity (Wildman–Crippen MR) is 100 cm³/mol. The highest BCUT2D eigenvalue weighted by Crippen LogP contribution is 2.21. The molecule has 0 fully saturated rings. The quantitative estimate of drug-likeness (QED) is 0.406. The van der Waals surface area contributed by atoms with Gasteiger partial charge in [0.25, 0.3) is 0 Å². The first-order valence-corrected chi connectivity index (χ1v) is 9.22. The van der Waals surface area contributed by atoms with E-state index in [0.29, 0.717) is 22.5 Å². The van der Waals surface area contributed by atoms with E-state index in [4.69, 9.17) is 10.6 Å². The number of pyridine rings is 1. The van der Waals surface area contributed by atoms with E-state index in [-0.39, 0.29) is 12.4 Å². The molecule has 1 aromatic carbocycles. The van der Waals surface area contributed by atoms with Crippen LogP contribution in [0.15, 0.2) is 53.9 Å². The molecule has 0 bridgehead atoms. The van der Waals surface area contributed by atoms with Crippen molar-refractivity contribution in [1.82, 2.24) is 24.3 Å². The fraction of sp³-hybridized carbons (Fsp3) is 0.167. The molecule has 138 valence electrons. The maximum atomic E-state index is 12.9.